The van der Waals surface area contributed by atoms with E-state index in [-0.39, 0.29) is 12.1 Å². The topological polar surface area (TPSA) is 52.6 Å². The van der Waals surface area contributed by atoms with Crippen molar-refractivity contribution in [2.45, 2.75) is 118 Å². The van der Waals surface area contributed by atoms with Crippen LogP contribution < -0.4 is 0 Å². The van der Waals surface area contributed by atoms with Gasteiger partial charge in [0.25, 0.3) is 0 Å². The van der Waals surface area contributed by atoms with E-state index in [2.05, 4.69) is 34.6 Å². The summed E-state index contributed by atoms with van der Waals surface area (Å²) in [7, 11) is 1.50. The van der Waals surface area contributed by atoms with Crippen LogP contribution in [0.1, 0.15) is 112 Å². The fraction of sp³-hybridized carbons (Fsp3) is 0.935. The zero-order valence-corrected chi connectivity index (χ0v) is 23.4. The predicted octanol–water partition coefficient (Wildman–Crippen LogP) is 7.24. The molecule has 0 aliphatic heterocycles. The molecule has 4 saturated carbocycles. The lowest BCUT2D eigenvalue weighted by Gasteiger charge is -2.63. The molecule has 4 nitrogen and oxygen atoms in total. The van der Waals surface area contributed by atoms with Gasteiger partial charge in [0.2, 0.25) is 0 Å². The summed E-state index contributed by atoms with van der Waals surface area (Å²) in [6.07, 6.45) is 13.2. The maximum Gasteiger partial charge on any atom is 0.305 e. The Balaban J connectivity index is 1.55. The number of fused-ring (bicyclic) bond motifs is 5. The Labute approximate surface area is 214 Å². The lowest BCUT2D eigenvalue weighted by atomic mass is 9.42. The molecule has 4 fully saturated rings. The van der Waals surface area contributed by atoms with Gasteiger partial charge in [0.1, 0.15) is 5.78 Å². The van der Waals surface area contributed by atoms with E-state index in [1.54, 1.807) is 0 Å². The second kappa shape index (κ2) is 10.8. The van der Waals surface area contributed by atoms with Gasteiger partial charge in [-0.1, -0.05) is 27.7 Å². The molecule has 4 aliphatic rings. The Morgan fingerprint density at radius 1 is 1.06 bits per heavy atom. The highest BCUT2D eigenvalue weighted by Crippen LogP contribution is 2.69. The standard InChI is InChI=1S/C31H52O4/c1-7-16-35-21(3)17-22-18-24-26-10-9-25(20(2)8-11-29(33)34-6)30(26,4)15-13-27(24)31(5)14-12-23(32)19-28(22)31/h20-22,24-28H,7-19H2,1-6H3/t20-,21?,22+,24?,25?,26?,27?,28+,30?,31?/m1/s1. The Kier molecular flexibility index (Phi) is 8.40. The first-order valence-corrected chi connectivity index (χ1v) is 14.8. The molecule has 0 aromatic rings. The molecule has 4 heteroatoms. The molecular formula is C31H52O4. The molecule has 0 aromatic heterocycles. The molecule has 4 aliphatic carbocycles. The van der Waals surface area contributed by atoms with Crippen LogP contribution >= 0.6 is 0 Å². The van der Waals surface area contributed by atoms with E-state index in [0.717, 1.165) is 62.9 Å². The normalized spacial score (nSPS) is 42.5. The molecule has 7 unspecified atom stereocenters. The number of hydrogen-bond donors (Lipinski definition) is 0. The number of ketones is 1. The highest BCUT2D eigenvalue weighted by Gasteiger charge is 2.62. The number of esters is 1. The Bertz CT molecular complexity index is 763. The van der Waals surface area contributed by atoms with Crippen molar-refractivity contribution in [2.75, 3.05) is 13.7 Å². The third kappa shape index (κ3) is 5.12. The van der Waals surface area contributed by atoms with E-state index in [1.165, 1.54) is 39.2 Å². The molecule has 0 heterocycles. The Morgan fingerprint density at radius 3 is 2.51 bits per heavy atom. The van der Waals surface area contributed by atoms with Crippen LogP contribution in [0.5, 0.6) is 0 Å². The summed E-state index contributed by atoms with van der Waals surface area (Å²) in [6.45, 7) is 12.8. The summed E-state index contributed by atoms with van der Waals surface area (Å²) < 4.78 is 11.1. The smallest absolute Gasteiger partial charge is 0.305 e. The van der Waals surface area contributed by atoms with Crippen molar-refractivity contribution >= 4 is 11.8 Å². The minimum absolute atomic E-state index is 0.0689. The SMILES string of the molecule is CCCOC(C)C[C@H]1CC2C3CCC([C@H](C)CCC(=O)OC)C3(C)CCC2C2(C)CCC(=O)C[C@@H]12. The van der Waals surface area contributed by atoms with E-state index >= 15 is 0 Å². The monoisotopic (exact) mass is 488 g/mol. The fourth-order valence-electron chi connectivity index (χ4n) is 9.99. The predicted molar refractivity (Wildman–Crippen MR) is 140 cm³/mol. The summed E-state index contributed by atoms with van der Waals surface area (Å²) in [5.74, 6) is 5.19. The summed E-state index contributed by atoms with van der Waals surface area (Å²) >= 11 is 0. The van der Waals surface area contributed by atoms with Crippen LogP contribution in [0.25, 0.3) is 0 Å². The van der Waals surface area contributed by atoms with Crippen LogP contribution in [0.15, 0.2) is 0 Å². The van der Waals surface area contributed by atoms with Crippen LogP contribution in [0.2, 0.25) is 0 Å². The van der Waals surface area contributed by atoms with Crippen molar-refractivity contribution in [3.05, 3.63) is 0 Å². The van der Waals surface area contributed by atoms with Crippen LogP contribution in [0.3, 0.4) is 0 Å². The van der Waals surface area contributed by atoms with E-state index in [0.29, 0.717) is 46.7 Å². The second-order valence-electron chi connectivity index (χ2n) is 13.5. The van der Waals surface area contributed by atoms with Crippen molar-refractivity contribution in [1.82, 2.24) is 0 Å². The molecule has 200 valence electrons. The number of hydrogen-bond acceptors (Lipinski definition) is 4. The minimum atomic E-state index is -0.0689. The third-order valence-corrected chi connectivity index (χ3v) is 11.7. The maximum atomic E-state index is 12.6. The van der Waals surface area contributed by atoms with Gasteiger partial charge in [-0.15, -0.1) is 0 Å². The van der Waals surface area contributed by atoms with Crippen molar-refractivity contribution in [3.63, 3.8) is 0 Å². The highest BCUT2D eigenvalue weighted by atomic mass is 16.5. The lowest BCUT2D eigenvalue weighted by Crippen LogP contribution is -2.56. The number of Topliss-reactive ketones (excluding diaryl/α,β-unsaturated/α-hetero) is 1. The molecule has 0 spiro atoms. The number of carbonyl (C=O) groups excluding carboxylic acids is 2. The molecule has 35 heavy (non-hydrogen) atoms. The van der Waals surface area contributed by atoms with Gasteiger partial charge in [0, 0.05) is 25.9 Å². The van der Waals surface area contributed by atoms with Crippen LogP contribution in [0, 0.1) is 52.3 Å². The molecule has 0 aromatic carbocycles. The summed E-state index contributed by atoms with van der Waals surface area (Å²) in [5.41, 5.74) is 0.696. The zero-order valence-electron chi connectivity index (χ0n) is 23.4. The molecule has 10 atom stereocenters. The highest BCUT2D eigenvalue weighted by molar-refractivity contribution is 5.79. The molecule has 0 N–H and O–H groups in total. The van der Waals surface area contributed by atoms with E-state index in [9.17, 15) is 9.59 Å². The van der Waals surface area contributed by atoms with Crippen molar-refractivity contribution in [3.8, 4) is 0 Å². The van der Waals surface area contributed by atoms with Gasteiger partial charge < -0.3 is 9.47 Å². The molecular weight excluding hydrogens is 436 g/mol. The van der Waals surface area contributed by atoms with Gasteiger partial charge in [-0.25, -0.2) is 0 Å². The van der Waals surface area contributed by atoms with Gasteiger partial charge in [-0.3, -0.25) is 9.59 Å². The Morgan fingerprint density at radius 2 is 1.80 bits per heavy atom. The molecule has 0 radical (unpaired) electrons. The molecule has 0 saturated heterocycles. The van der Waals surface area contributed by atoms with Gasteiger partial charge >= 0.3 is 5.97 Å². The number of methoxy groups -OCH3 is 1. The number of carbonyl (C=O) groups is 2. The largest absolute Gasteiger partial charge is 0.469 e. The van der Waals surface area contributed by atoms with Gasteiger partial charge in [-0.2, -0.15) is 0 Å². The first-order chi connectivity index (χ1) is 16.6. The maximum absolute atomic E-state index is 12.6. The quantitative estimate of drug-likeness (QED) is 0.321. The zero-order chi connectivity index (χ0) is 25.4. The number of ether oxygens (including phenoxy) is 2. The Hall–Kier alpha value is -0.900. The van der Waals surface area contributed by atoms with Gasteiger partial charge in [0.15, 0.2) is 0 Å². The van der Waals surface area contributed by atoms with Crippen molar-refractivity contribution in [1.29, 1.82) is 0 Å². The van der Waals surface area contributed by atoms with Crippen LogP contribution in [-0.2, 0) is 19.1 Å². The van der Waals surface area contributed by atoms with Gasteiger partial charge in [0.05, 0.1) is 13.2 Å². The van der Waals surface area contributed by atoms with Crippen LogP contribution in [0.4, 0.5) is 0 Å². The van der Waals surface area contributed by atoms with Gasteiger partial charge in [-0.05, 0) is 117 Å². The second-order valence-corrected chi connectivity index (χ2v) is 13.5. The van der Waals surface area contributed by atoms with Crippen LogP contribution in [-0.4, -0.2) is 31.6 Å². The first kappa shape index (κ1) is 27.1. The number of rotatable bonds is 9. The molecule has 0 amide bonds. The third-order valence-electron chi connectivity index (χ3n) is 11.7. The van der Waals surface area contributed by atoms with Crippen molar-refractivity contribution in [2.24, 2.45) is 52.3 Å². The first-order valence-electron chi connectivity index (χ1n) is 14.8. The molecule has 4 rings (SSSR count). The summed E-state index contributed by atoms with van der Waals surface area (Å²) in [5, 5.41) is 0. The van der Waals surface area contributed by atoms with E-state index in [4.69, 9.17) is 9.47 Å². The fourth-order valence-corrected chi connectivity index (χ4v) is 9.99. The average molecular weight is 489 g/mol. The van der Waals surface area contributed by atoms with E-state index < -0.39 is 0 Å². The average Bonchev–Trinajstić information content (AvgIpc) is 3.19. The molecule has 0 bridgehead atoms. The minimum Gasteiger partial charge on any atom is -0.469 e. The van der Waals surface area contributed by atoms with E-state index in [1.807, 2.05) is 0 Å². The summed E-state index contributed by atoms with van der Waals surface area (Å²) in [4.78, 5) is 24.4. The lowest BCUT2D eigenvalue weighted by molar-refractivity contribution is -0.156. The summed E-state index contributed by atoms with van der Waals surface area (Å²) in [6, 6.07) is 0. The van der Waals surface area contributed by atoms with Crippen molar-refractivity contribution < 1.29 is 19.1 Å².